The van der Waals surface area contributed by atoms with Crippen LogP contribution in [0.4, 0.5) is 5.82 Å². The smallest absolute Gasteiger partial charge is 0.147 e. The first-order chi connectivity index (χ1) is 11.2. The quantitative estimate of drug-likeness (QED) is 0.724. The van der Waals surface area contributed by atoms with Gasteiger partial charge in [-0.15, -0.1) is 0 Å². The molecule has 0 N–H and O–H groups in total. The molecule has 1 heterocycles. The Morgan fingerprint density at radius 3 is 2.26 bits per heavy atom. The van der Waals surface area contributed by atoms with Crippen LogP contribution in [0.25, 0.3) is 11.0 Å². The van der Waals surface area contributed by atoms with Crippen molar-refractivity contribution in [3.8, 4) is 11.5 Å². The van der Waals surface area contributed by atoms with E-state index in [0.29, 0.717) is 6.54 Å². The Hall–Kier alpha value is -2.82. The van der Waals surface area contributed by atoms with Gasteiger partial charge in [-0.3, -0.25) is 4.98 Å². The lowest BCUT2D eigenvalue weighted by molar-refractivity contribution is 0.393. The zero-order valence-electron chi connectivity index (χ0n) is 13.5. The third-order valence-corrected chi connectivity index (χ3v) is 3.66. The fourth-order valence-electron chi connectivity index (χ4n) is 2.44. The van der Waals surface area contributed by atoms with E-state index in [-0.39, 0.29) is 0 Å². The lowest BCUT2D eigenvalue weighted by Gasteiger charge is -2.19. The summed E-state index contributed by atoms with van der Waals surface area (Å²) in [5.74, 6) is 2.38. The number of rotatable bonds is 5. The maximum atomic E-state index is 5.32. The molecule has 5 nitrogen and oxygen atoms in total. The van der Waals surface area contributed by atoms with Crippen LogP contribution in [0.5, 0.6) is 11.5 Å². The van der Waals surface area contributed by atoms with Crippen molar-refractivity contribution in [2.45, 2.75) is 6.54 Å². The number of benzene rings is 2. The summed E-state index contributed by atoms with van der Waals surface area (Å²) in [6.07, 6.45) is 1.79. The molecular formula is C18H19N3O2. The van der Waals surface area contributed by atoms with E-state index >= 15 is 0 Å². The molecule has 3 aromatic rings. The first-order valence-electron chi connectivity index (χ1n) is 7.34. The summed E-state index contributed by atoms with van der Waals surface area (Å²) in [5, 5.41) is 0. The van der Waals surface area contributed by atoms with E-state index in [1.807, 2.05) is 54.4 Å². The van der Waals surface area contributed by atoms with Gasteiger partial charge in [0.15, 0.2) is 0 Å². The Morgan fingerprint density at radius 2 is 1.61 bits per heavy atom. The highest BCUT2D eigenvalue weighted by atomic mass is 16.5. The molecule has 0 atom stereocenters. The van der Waals surface area contributed by atoms with E-state index in [0.717, 1.165) is 33.9 Å². The van der Waals surface area contributed by atoms with Crippen LogP contribution in [-0.4, -0.2) is 31.2 Å². The largest absolute Gasteiger partial charge is 0.497 e. The minimum atomic E-state index is 0.681. The number of fused-ring (bicyclic) bond motifs is 1. The molecule has 0 amide bonds. The van der Waals surface area contributed by atoms with Gasteiger partial charge in [0, 0.05) is 19.7 Å². The molecule has 0 bridgehead atoms. The van der Waals surface area contributed by atoms with E-state index < -0.39 is 0 Å². The molecule has 0 aliphatic carbocycles. The maximum Gasteiger partial charge on any atom is 0.147 e. The van der Waals surface area contributed by atoms with E-state index in [2.05, 4.69) is 9.97 Å². The number of methoxy groups -OCH3 is 2. The molecule has 2 aromatic carbocycles. The third kappa shape index (κ3) is 3.34. The Kier molecular flexibility index (Phi) is 4.28. The third-order valence-electron chi connectivity index (χ3n) is 3.66. The molecule has 0 aliphatic heterocycles. The van der Waals surface area contributed by atoms with Crippen molar-refractivity contribution < 1.29 is 9.47 Å². The van der Waals surface area contributed by atoms with Crippen LogP contribution in [-0.2, 0) is 6.54 Å². The van der Waals surface area contributed by atoms with Crippen molar-refractivity contribution in [2.75, 3.05) is 26.2 Å². The molecular weight excluding hydrogens is 290 g/mol. The van der Waals surface area contributed by atoms with Gasteiger partial charge in [-0.1, -0.05) is 12.1 Å². The number of para-hydroxylation sites is 2. The highest BCUT2D eigenvalue weighted by molar-refractivity contribution is 5.75. The second-order valence-electron chi connectivity index (χ2n) is 5.29. The predicted octanol–water partition coefficient (Wildman–Crippen LogP) is 3.28. The zero-order valence-corrected chi connectivity index (χ0v) is 13.5. The SMILES string of the molecule is COc1cc(CN(C)c2cnc3ccccc3n2)cc(OC)c1. The lowest BCUT2D eigenvalue weighted by atomic mass is 10.2. The molecule has 0 unspecified atom stereocenters. The van der Waals surface area contributed by atoms with Gasteiger partial charge in [0.1, 0.15) is 17.3 Å². The first kappa shape index (κ1) is 15.1. The van der Waals surface area contributed by atoms with Crippen LogP contribution in [0.1, 0.15) is 5.56 Å². The van der Waals surface area contributed by atoms with Crippen LogP contribution < -0.4 is 14.4 Å². The summed E-state index contributed by atoms with van der Waals surface area (Å²) in [6, 6.07) is 13.7. The van der Waals surface area contributed by atoms with Gasteiger partial charge in [-0.25, -0.2) is 4.98 Å². The molecule has 0 radical (unpaired) electrons. The van der Waals surface area contributed by atoms with Gasteiger partial charge in [0.2, 0.25) is 0 Å². The zero-order chi connectivity index (χ0) is 16.2. The highest BCUT2D eigenvalue weighted by Gasteiger charge is 2.08. The van der Waals surface area contributed by atoms with Crippen molar-refractivity contribution in [1.82, 2.24) is 9.97 Å². The van der Waals surface area contributed by atoms with Crippen molar-refractivity contribution in [1.29, 1.82) is 0 Å². The molecule has 0 spiro atoms. The minimum absolute atomic E-state index is 0.681. The number of hydrogen-bond acceptors (Lipinski definition) is 5. The Labute approximate surface area is 135 Å². The highest BCUT2D eigenvalue weighted by Crippen LogP contribution is 2.24. The molecule has 0 saturated heterocycles. The van der Waals surface area contributed by atoms with Gasteiger partial charge < -0.3 is 14.4 Å². The van der Waals surface area contributed by atoms with Crippen LogP contribution in [0, 0.1) is 0 Å². The normalized spacial score (nSPS) is 10.6. The van der Waals surface area contributed by atoms with Gasteiger partial charge in [0.25, 0.3) is 0 Å². The van der Waals surface area contributed by atoms with E-state index in [4.69, 9.17) is 9.47 Å². The van der Waals surface area contributed by atoms with Gasteiger partial charge >= 0.3 is 0 Å². The Morgan fingerprint density at radius 1 is 0.957 bits per heavy atom. The second-order valence-corrected chi connectivity index (χ2v) is 5.29. The summed E-state index contributed by atoms with van der Waals surface area (Å²) in [4.78, 5) is 11.2. The number of nitrogens with zero attached hydrogens (tertiary/aromatic N) is 3. The number of hydrogen-bond donors (Lipinski definition) is 0. The van der Waals surface area contributed by atoms with Crippen molar-refractivity contribution in [3.63, 3.8) is 0 Å². The molecule has 0 fully saturated rings. The summed E-state index contributed by atoms with van der Waals surface area (Å²) in [7, 11) is 5.29. The number of aromatic nitrogens is 2. The van der Waals surface area contributed by atoms with Crippen LogP contribution >= 0.6 is 0 Å². The average molecular weight is 309 g/mol. The Bertz CT molecular complexity index is 798. The van der Waals surface area contributed by atoms with E-state index in [1.165, 1.54) is 0 Å². The summed E-state index contributed by atoms with van der Waals surface area (Å²) >= 11 is 0. The lowest BCUT2D eigenvalue weighted by Crippen LogP contribution is -2.18. The van der Waals surface area contributed by atoms with Crippen molar-refractivity contribution in [3.05, 3.63) is 54.2 Å². The predicted molar refractivity (Wildman–Crippen MR) is 91.2 cm³/mol. The van der Waals surface area contributed by atoms with Crippen LogP contribution in [0.15, 0.2) is 48.7 Å². The fraction of sp³-hybridized carbons (Fsp3) is 0.222. The maximum absolute atomic E-state index is 5.32. The van der Waals surface area contributed by atoms with Gasteiger partial charge in [-0.05, 0) is 29.8 Å². The van der Waals surface area contributed by atoms with Gasteiger partial charge in [0.05, 0.1) is 31.4 Å². The Balaban J connectivity index is 1.86. The second kappa shape index (κ2) is 6.52. The summed E-state index contributed by atoms with van der Waals surface area (Å²) in [6.45, 7) is 0.681. The topological polar surface area (TPSA) is 47.5 Å². The summed E-state index contributed by atoms with van der Waals surface area (Å²) in [5.41, 5.74) is 2.87. The molecule has 0 aliphatic rings. The van der Waals surface area contributed by atoms with E-state index in [9.17, 15) is 0 Å². The molecule has 118 valence electrons. The van der Waals surface area contributed by atoms with Crippen LogP contribution in [0.2, 0.25) is 0 Å². The molecule has 3 rings (SSSR count). The number of anilines is 1. The first-order valence-corrected chi connectivity index (χ1v) is 7.34. The number of ether oxygens (including phenoxy) is 2. The minimum Gasteiger partial charge on any atom is -0.497 e. The molecule has 0 saturated carbocycles. The average Bonchev–Trinajstić information content (AvgIpc) is 2.60. The standard InChI is InChI=1S/C18H19N3O2/c1-21(12-13-8-14(22-2)10-15(9-13)23-3)18-11-19-16-6-4-5-7-17(16)20-18/h4-11H,12H2,1-3H3. The van der Waals surface area contributed by atoms with Crippen molar-refractivity contribution in [2.24, 2.45) is 0 Å². The fourth-order valence-corrected chi connectivity index (χ4v) is 2.44. The van der Waals surface area contributed by atoms with Crippen molar-refractivity contribution >= 4 is 16.9 Å². The molecule has 5 heteroatoms. The van der Waals surface area contributed by atoms with Gasteiger partial charge in [-0.2, -0.15) is 0 Å². The molecule has 23 heavy (non-hydrogen) atoms. The monoisotopic (exact) mass is 309 g/mol. The molecule has 1 aromatic heterocycles. The van der Waals surface area contributed by atoms with Crippen LogP contribution in [0.3, 0.4) is 0 Å². The van der Waals surface area contributed by atoms with E-state index in [1.54, 1.807) is 20.4 Å². The summed E-state index contributed by atoms with van der Waals surface area (Å²) < 4.78 is 10.6.